The van der Waals surface area contributed by atoms with Crippen LogP contribution in [0.4, 0.5) is 0 Å². The topological polar surface area (TPSA) is 75.4 Å². The second-order valence-corrected chi connectivity index (χ2v) is 4.99. The van der Waals surface area contributed by atoms with E-state index in [1.165, 1.54) is 4.31 Å². The molecule has 0 heterocycles. The Kier molecular flexibility index (Phi) is 5.94. The lowest BCUT2D eigenvalue weighted by Gasteiger charge is -2.20. The van der Waals surface area contributed by atoms with E-state index >= 15 is 0 Å². The molecule has 0 aliphatic carbocycles. The molecule has 14 heavy (non-hydrogen) atoms. The Morgan fingerprint density at radius 3 is 2.43 bits per heavy atom. The predicted molar refractivity (Wildman–Crippen MR) is 58.0 cm³/mol. The standard InChI is InChI=1S/C8H19N3O2S/c1-8(2)11(3)14(12,13)10-7-5-4-6-9/h4-5,8,10H,6-7,9H2,1-3H3/b5-4+. The molecular weight excluding hydrogens is 202 g/mol. The van der Waals surface area contributed by atoms with Crippen molar-refractivity contribution in [2.45, 2.75) is 19.9 Å². The fraction of sp³-hybridized carbons (Fsp3) is 0.750. The third-order valence-corrected chi connectivity index (χ3v) is 3.50. The molecule has 0 aromatic heterocycles. The van der Waals surface area contributed by atoms with E-state index in [1.807, 2.05) is 13.8 Å². The Morgan fingerprint density at radius 1 is 1.43 bits per heavy atom. The zero-order chi connectivity index (χ0) is 11.2. The molecule has 0 saturated carbocycles. The van der Waals surface area contributed by atoms with Crippen LogP contribution in [0.2, 0.25) is 0 Å². The normalized spacial score (nSPS) is 13.3. The highest BCUT2D eigenvalue weighted by atomic mass is 32.2. The molecule has 0 unspecified atom stereocenters. The van der Waals surface area contributed by atoms with Crippen LogP contribution in [-0.4, -0.2) is 38.9 Å². The van der Waals surface area contributed by atoms with Gasteiger partial charge in [0.05, 0.1) is 0 Å². The van der Waals surface area contributed by atoms with E-state index in [1.54, 1.807) is 19.2 Å². The van der Waals surface area contributed by atoms with E-state index < -0.39 is 10.2 Å². The van der Waals surface area contributed by atoms with Crippen LogP contribution in [0.25, 0.3) is 0 Å². The quantitative estimate of drug-likeness (QED) is 0.603. The van der Waals surface area contributed by atoms with Gasteiger partial charge in [0.2, 0.25) is 0 Å². The molecule has 6 heteroatoms. The summed E-state index contributed by atoms with van der Waals surface area (Å²) in [7, 11) is -1.81. The largest absolute Gasteiger partial charge is 0.327 e. The first-order chi connectivity index (χ1) is 6.41. The average molecular weight is 221 g/mol. The molecule has 0 aliphatic heterocycles. The summed E-state index contributed by atoms with van der Waals surface area (Å²) in [5.41, 5.74) is 5.21. The molecule has 0 radical (unpaired) electrons. The first kappa shape index (κ1) is 13.6. The van der Waals surface area contributed by atoms with Crippen molar-refractivity contribution in [1.29, 1.82) is 0 Å². The molecule has 0 amide bonds. The first-order valence-corrected chi connectivity index (χ1v) is 5.93. The highest BCUT2D eigenvalue weighted by Gasteiger charge is 2.18. The number of nitrogens with zero attached hydrogens (tertiary/aromatic N) is 1. The van der Waals surface area contributed by atoms with Crippen molar-refractivity contribution in [3.63, 3.8) is 0 Å². The van der Waals surface area contributed by atoms with Gasteiger partial charge in [-0.1, -0.05) is 12.2 Å². The summed E-state index contributed by atoms with van der Waals surface area (Å²) < 4.78 is 26.7. The maximum atomic E-state index is 11.5. The lowest BCUT2D eigenvalue weighted by Crippen LogP contribution is -2.41. The van der Waals surface area contributed by atoms with Gasteiger partial charge in [-0.05, 0) is 13.8 Å². The average Bonchev–Trinajstić information content (AvgIpc) is 2.11. The smallest absolute Gasteiger partial charge is 0.279 e. The number of rotatable bonds is 6. The van der Waals surface area contributed by atoms with Crippen molar-refractivity contribution in [3.05, 3.63) is 12.2 Å². The van der Waals surface area contributed by atoms with E-state index in [2.05, 4.69) is 4.72 Å². The van der Waals surface area contributed by atoms with Crippen LogP contribution in [-0.2, 0) is 10.2 Å². The molecule has 0 rings (SSSR count). The van der Waals surface area contributed by atoms with Gasteiger partial charge < -0.3 is 5.73 Å². The summed E-state index contributed by atoms with van der Waals surface area (Å²) in [6.45, 7) is 4.32. The van der Waals surface area contributed by atoms with Crippen molar-refractivity contribution in [2.24, 2.45) is 5.73 Å². The van der Waals surface area contributed by atoms with Crippen LogP contribution in [0.1, 0.15) is 13.8 Å². The monoisotopic (exact) mass is 221 g/mol. The molecule has 0 aliphatic rings. The molecule has 5 nitrogen and oxygen atoms in total. The van der Waals surface area contributed by atoms with E-state index in [9.17, 15) is 8.42 Å². The summed E-state index contributed by atoms with van der Waals surface area (Å²) in [5, 5.41) is 0. The Balaban J connectivity index is 4.15. The van der Waals surface area contributed by atoms with Gasteiger partial charge in [-0.25, -0.2) is 0 Å². The summed E-state index contributed by atoms with van der Waals surface area (Å²) in [6.07, 6.45) is 3.39. The van der Waals surface area contributed by atoms with Gasteiger partial charge in [-0.15, -0.1) is 0 Å². The molecule has 0 fully saturated rings. The molecular formula is C8H19N3O2S. The zero-order valence-corrected chi connectivity index (χ0v) is 9.71. The maximum absolute atomic E-state index is 11.5. The minimum Gasteiger partial charge on any atom is -0.327 e. The van der Waals surface area contributed by atoms with Crippen LogP contribution in [0.15, 0.2) is 12.2 Å². The van der Waals surface area contributed by atoms with E-state index in [-0.39, 0.29) is 12.6 Å². The van der Waals surface area contributed by atoms with Gasteiger partial charge in [0.15, 0.2) is 0 Å². The summed E-state index contributed by atoms with van der Waals surface area (Å²) in [4.78, 5) is 0. The van der Waals surface area contributed by atoms with Crippen molar-refractivity contribution >= 4 is 10.2 Å². The second-order valence-electron chi connectivity index (χ2n) is 3.17. The maximum Gasteiger partial charge on any atom is 0.279 e. The summed E-state index contributed by atoms with van der Waals surface area (Å²) >= 11 is 0. The summed E-state index contributed by atoms with van der Waals surface area (Å²) in [5.74, 6) is 0. The van der Waals surface area contributed by atoms with Gasteiger partial charge in [0, 0.05) is 26.2 Å². The molecule has 0 spiro atoms. The molecule has 0 aromatic rings. The first-order valence-electron chi connectivity index (χ1n) is 4.49. The predicted octanol–water partition coefficient (Wildman–Crippen LogP) is -0.324. The van der Waals surface area contributed by atoms with Gasteiger partial charge >= 0.3 is 0 Å². The van der Waals surface area contributed by atoms with Crippen LogP contribution in [0.3, 0.4) is 0 Å². The van der Waals surface area contributed by atoms with Gasteiger partial charge in [0.1, 0.15) is 0 Å². The second kappa shape index (κ2) is 6.13. The number of hydrogen-bond acceptors (Lipinski definition) is 3. The Bertz CT molecular complexity index is 272. The number of nitrogens with one attached hydrogen (secondary N) is 1. The van der Waals surface area contributed by atoms with Crippen molar-refractivity contribution in [3.8, 4) is 0 Å². The summed E-state index contributed by atoms with van der Waals surface area (Å²) in [6, 6.07) is -0.0500. The third-order valence-electron chi connectivity index (χ3n) is 1.79. The third kappa shape index (κ3) is 4.71. The van der Waals surface area contributed by atoms with Crippen LogP contribution in [0.5, 0.6) is 0 Å². The minimum absolute atomic E-state index is 0.0500. The van der Waals surface area contributed by atoms with E-state index in [4.69, 9.17) is 5.73 Å². The minimum atomic E-state index is -3.35. The molecule has 0 atom stereocenters. The lowest BCUT2D eigenvalue weighted by molar-refractivity contribution is 0.404. The molecule has 84 valence electrons. The number of hydrogen-bond donors (Lipinski definition) is 2. The molecule has 0 saturated heterocycles. The molecule has 0 bridgehead atoms. The zero-order valence-electron chi connectivity index (χ0n) is 8.90. The SMILES string of the molecule is CC(C)N(C)S(=O)(=O)NC/C=C/CN. The van der Waals surface area contributed by atoms with E-state index in [0.717, 1.165) is 0 Å². The van der Waals surface area contributed by atoms with Gasteiger partial charge in [0.25, 0.3) is 10.2 Å². The van der Waals surface area contributed by atoms with Crippen molar-refractivity contribution in [1.82, 2.24) is 9.03 Å². The van der Waals surface area contributed by atoms with Crippen LogP contribution < -0.4 is 10.5 Å². The van der Waals surface area contributed by atoms with Crippen LogP contribution >= 0.6 is 0 Å². The molecule has 0 aromatic carbocycles. The Labute approximate surface area is 86.1 Å². The van der Waals surface area contributed by atoms with Crippen molar-refractivity contribution in [2.75, 3.05) is 20.1 Å². The lowest BCUT2D eigenvalue weighted by atomic mass is 10.4. The number of nitrogens with two attached hydrogens (primary N) is 1. The fourth-order valence-corrected chi connectivity index (χ4v) is 1.78. The van der Waals surface area contributed by atoms with Crippen LogP contribution in [0, 0.1) is 0 Å². The van der Waals surface area contributed by atoms with Gasteiger partial charge in [-0.3, -0.25) is 0 Å². The highest BCUT2D eigenvalue weighted by Crippen LogP contribution is 1.99. The Hall–Kier alpha value is -0.430. The van der Waals surface area contributed by atoms with Crippen molar-refractivity contribution < 1.29 is 8.42 Å². The molecule has 3 N–H and O–H groups in total. The Morgan fingerprint density at radius 2 is 2.00 bits per heavy atom. The van der Waals surface area contributed by atoms with E-state index in [0.29, 0.717) is 6.54 Å². The van der Waals surface area contributed by atoms with Gasteiger partial charge in [-0.2, -0.15) is 17.4 Å². The highest BCUT2D eigenvalue weighted by molar-refractivity contribution is 7.87. The fourth-order valence-electron chi connectivity index (χ4n) is 0.712.